The van der Waals surface area contributed by atoms with Crippen LogP contribution in [0.2, 0.25) is 0 Å². The average molecular weight is 281 g/mol. The second-order valence-electron chi connectivity index (χ2n) is 4.70. The van der Waals surface area contributed by atoms with Gasteiger partial charge in [-0.2, -0.15) is 11.8 Å². The molecule has 19 heavy (non-hydrogen) atoms. The number of carbonyl (C=O) groups excluding carboxylic acids is 1. The van der Waals surface area contributed by atoms with Crippen LogP contribution >= 0.6 is 11.8 Å². The number of benzene rings is 1. The lowest BCUT2D eigenvalue weighted by atomic mass is 10.1. The fraction of sp³-hybridized carbons (Fsp3) is 0.500. The van der Waals surface area contributed by atoms with Crippen molar-refractivity contribution < 1.29 is 4.79 Å². The molecular formula is C14H23N3OS. The van der Waals surface area contributed by atoms with Crippen LogP contribution in [-0.4, -0.2) is 24.1 Å². The van der Waals surface area contributed by atoms with Crippen LogP contribution < -0.4 is 16.4 Å². The summed E-state index contributed by atoms with van der Waals surface area (Å²) in [6.45, 7) is 3.93. The molecule has 4 N–H and O–H groups in total. The first-order valence-corrected chi connectivity index (χ1v) is 7.84. The average Bonchev–Trinajstić information content (AvgIpc) is 2.36. The Morgan fingerprint density at radius 2 is 2.16 bits per heavy atom. The number of thioether (sulfide) groups is 1. The van der Waals surface area contributed by atoms with Crippen molar-refractivity contribution >= 4 is 23.5 Å². The van der Waals surface area contributed by atoms with E-state index in [9.17, 15) is 4.79 Å². The smallest absolute Gasteiger partial charge is 0.319 e. The van der Waals surface area contributed by atoms with E-state index in [1.54, 1.807) is 11.8 Å². The van der Waals surface area contributed by atoms with Crippen molar-refractivity contribution in [2.45, 2.75) is 32.4 Å². The van der Waals surface area contributed by atoms with Gasteiger partial charge < -0.3 is 16.4 Å². The Balaban J connectivity index is 2.50. The molecule has 0 saturated heterocycles. The van der Waals surface area contributed by atoms with Gasteiger partial charge in [0.15, 0.2) is 0 Å². The molecule has 2 unspecified atom stereocenters. The third-order valence-electron chi connectivity index (χ3n) is 2.80. The lowest BCUT2D eigenvalue weighted by Gasteiger charge is -2.15. The van der Waals surface area contributed by atoms with E-state index >= 15 is 0 Å². The molecule has 0 aliphatic heterocycles. The van der Waals surface area contributed by atoms with Crippen molar-refractivity contribution in [1.82, 2.24) is 5.32 Å². The van der Waals surface area contributed by atoms with Crippen LogP contribution in [0.25, 0.3) is 0 Å². The van der Waals surface area contributed by atoms with E-state index in [0.717, 1.165) is 23.4 Å². The number of hydrogen-bond acceptors (Lipinski definition) is 3. The Morgan fingerprint density at radius 3 is 2.79 bits per heavy atom. The molecule has 0 bridgehead atoms. The van der Waals surface area contributed by atoms with Gasteiger partial charge in [0.05, 0.1) is 0 Å². The Kier molecular flexibility index (Phi) is 6.73. The van der Waals surface area contributed by atoms with Crippen LogP contribution in [0.1, 0.15) is 31.9 Å². The first-order chi connectivity index (χ1) is 9.02. The van der Waals surface area contributed by atoms with Crippen molar-refractivity contribution in [1.29, 1.82) is 0 Å². The van der Waals surface area contributed by atoms with Crippen LogP contribution in [0.15, 0.2) is 24.3 Å². The summed E-state index contributed by atoms with van der Waals surface area (Å²) in [5, 5.41) is 5.75. The number of carbonyl (C=O) groups is 1. The Hall–Kier alpha value is -1.20. The number of urea groups is 1. The van der Waals surface area contributed by atoms with Crippen molar-refractivity contribution in [3.8, 4) is 0 Å². The predicted octanol–water partition coefficient (Wildman–Crippen LogP) is 2.97. The van der Waals surface area contributed by atoms with Crippen LogP contribution in [0.4, 0.5) is 10.5 Å². The molecule has 0 aromatic heterocycles. The van der Waals surface area contributed by atoms with Gasteiger partial charge in [-0.1, -0.05) is 12.1 Å². The molecule has 0 heterocycles. The van der Waals surface area contributed by atoms with Crippen molar-refractivity contribution in [2.75, 3.05) is 17.3 Å². The van der Waals surface area contributed by atoms with E-state index in [1.165, 1.54) is 0 Å². The van der Waals surface area contributed by atoms with E-state index < -0.39 is 0 Å². The van der Waals surface area contributed by atoms with Crippen LogP contribution in [0.5, 0.6) is 0 Å². The van der Waals surface area contributed by atoms with Gasteiger partial charge in [-0.15, -0.1) is 0 Å². The zero-order valence-corrected chi connectivity index (χ0v) is 12.6. The molecule has 2 amide bonds. The predicted molar refractivity (Wildman–Crippen MR) is 83.7 cm³/mol. The molecule has 2 atom stereocenters. The zero-order valence-electron chi connectivity index (χ0n) is 11.8. The molecule has 1 aromatic carbocycles. The van der Waals surface area contributed by atoms with E-state index in [-0.39, 0.29) is 18.1 Å². The summed E-state index contributed by atoms with van der Waals surface area (Å²) in [7, 11) is 0. The zero-order chi connectivity index (χ0) is 14.3. The fourth-order valence-electron chi connectivity index (χ4n) is 1.66. The van der Waals surface area contributed by atoms with E-state index in [4.69, 9.17) is 5.73 Å². The maximum atomic E-state index is 11.8. The summed E-state index contributed by atoms with van der Waals surface area (Å²) in [4.78, 5) is 11.8. The van der Waals surface area contributed by atoms with E-state index in [1.807, 2.05) is 38.1 Å². The molecule has 1 aromatic rings. The lowest BCUT2D eigenvalue weighted by Crippen LogP contribution is -2.36. The molecule has 0 spiro atoms. The summed E-state index contributed by atoms with van der Waals surface area (Å²) in [5.41, 5.74) is 7.59. The highest BCUT2D eigenvalue weighted by atomic mass is 32.2. The number of amides is 2. The van der Waals surface area contributed by atoms with Crippen LogP contribution in [-0.2, 0) is 0 Å². The maximum Gasteiger partial charge on any atom is 0.319 e. The van der Waals surface area contributed by atoms with Gasteiger partial charge in [0.25, 0.3) is 0 Å². The Morgan fingerprint density at radius 1 is 1.42 bits per heavy atom. The molecule has 4 nitrogen and oxygen atoms in total. The molecule has 5 heteroatoms. The summed E-state index contributed by atoms with van der Waals surface area (Å²) in [5.74, 6) is 1.04. The van der Waals surface area contributed by atoms with E-state index in [0.29, 0.717) is 0 Å². The minimum absolute atomic E-state index is 0.0367. The monoisotopic (exact) mass is 281 g/mol. The SMILES string of the molecule is CSCCC(C)NC(=O)Nc1cccc(C(C)N)c1. The van der Waals surface area contributed by atoms with Gasteiger partial charge in [0.1, 0.15) is 0 Å². The number of nitrogens with one attached hydrogen (secondary N) is 2. The highest BCUT2D eigenvalue weighted by molar-refractivity contribution is 7.98. The molecule has 0 radical (unpaired) electrons. The van der Waals surface area contributed by atoms with Gasteiger partial charge in [-0.3, -0.25) is 0 Å². The lowest BCUT2D eigenvalue weighted by molar-refractivity contribution is 0.249. The number of hydrogen-bond donors (Lipinski definition) is 3. The second-order valence-corrected chi connectivity index (χ2v) is 5.68. The van der Waals surface area contributed by atoms with Gasteiger partial charge >= 0.3 is 6.03 Å². The fourth-order valence-corrected chi connectivity index (χ4v) is 2.25. The van der Waals surface area contributed by atoms with Gasteiger partial charge in [-0.25, -0.2) is 4.79 Å². The number of nitrogens with two attached hydrogens (primary N) is 1. The van der Waals surface area contributed by atoms with Crippen molar-refractivity contribution in [3.63, 3.8) is 0 Å². The number of rotatable bonds is 6. The highest BCUT2D eigenvalue weighted by Crippen LogP contribution is 2.15. The molecule has 1 rings (SSSR count). The first kappa shape index (κ1) is 15.9. The van der Waals surface area contributed by atoms with Crippen molar-refractivity contribution in [2.24, 2.45) is 5.73 Å². The van der Waals surface area contributed by atoms with Gasteiger partial charge in [-0.05, 0) is 50.0 Å². The number of anilines is 1. The van der Waals surface area contributed by atoms with Crippen molar-refractivity contribution in [3.05, 3.63) is 29.8 Å². The second kappa shape index (κ2) is 8.07. The third kappa shape index (κ3) is 5.98. The topological polar surface area (TPSA) is 67.2 Å². The summed E-state index contributed by atoms with van der Waals surface area (Å²) in [6.07, 6.45) is 3.03. The normalized spacial score (nSPS) is 13.7. The highest BCUT2D eigenvalue weighted by Gasteiger charge is 2.07. The molecule has 106 valence electrons. The maximum absolute atomic E-state index is 11.8. The standard InChI is InChI=1S/C14H23N3OS/c1-10(7-8-19-3)16-14(18)17-13-6-4-5-12(9-13)11(2)15/h4-6,9-11H,7-8,15H2,1-3H3,(H2,16,17,18). The van der Waals surface area contributed by atoms with E-state index in [2.05, 4.69) is 16.9 Å². The van der Waals surface area contributed by atoms with Gasteiger partial charge in [0, 0.05) is 17.8 Å². The Labute approximate surface area is 119 Å². The summed E-state index contributed by atoms with van der Waals surface area (Å²) >= 11 is 1.78. The largest absolute Gasteiger partial charge is 0.335 e. The van der Waals surface area contributed by atoms with Crippen LogP contribution in [0.3, 0.4) is 0 Å². The molecule has 0 saturated carbocycles. The van der Waals surface area contributed by atoms with Gasteiger partial charge in [0.2, 0.25) is 0 Å². The molecule has 0 fully saturated rings. The molecule has 0 aliphatic rings. The minimum Gasteiger partial charge on any atom is -0.335 e. The summed E-state index contributed by atoms with van der Waals surface area (Å²) < 4.78 is 0. The molecule has 0 aliphatic carbocycles. The van der Waals surface area contributed by atoms with Crippen LogP contribution in [0, 0.1) is 0 Å². The quantitative estimate of drug-likeness (QED) is 0.751. The first-order valence-electron chi connectivity index (χ1n) is 6.45. The minimum atomic E-state index is -0.171. The molecular weight excluding hydrogens is 258 g/mol. The third-order valence-corrected chi connectivity index (χ3v) is 3.45. The Bertz CT molecular complexity index is 409. The summed E-state index contributed by atoms with van der Waals surface area (Å²) in [6, 6.07) is 7.57.